The summed E-state index contributed by atoms with van der Waals surface area (Å²) in [6, 6.07) is 10.3. The minimum Gasteiger partial charge on any atom is -0.436 e. The number of oxazole rings is 1. The van der Waals surface area contributed by atoms with Gasteiger partial charge in [0.2, 0.25) is 5.89 Å². The summed E-state index contributed by atoms with van der Waals surface area (Å²) in [5, 5.41) is 3.19. The van der Waals surface area contributed by atoms with Crippen molar-refractivity contribution in [2.75, 3.05) is 5.32 Å². The predicted molar refractivity (Wildman–Crippen MR) is 94.4 cm³/mol. The van der Waals surface area contributed by atoms with E-state index in [1.165, 1.54) is 6.20 Å². The van der Waals surface area contributed by atoms with Crippen molar-refractivity contribution in [3.63, 3.8) is 0 Å². The molecular weight excluding hydrogens is 340 g/mol. The van der Waals surface area contributed by atoms with Crippen LogP contribution in [-0.2, 0) is 0 Å². The first-order valence-corrected chi connectivity index (χ1v) is 7.80. The molecule has 0 atom stereocenters. The fourth-order valence-electron chi connectivity index (χ4n) is 2.35. The number of nitrogens with one attached hydrogen (secondary N) is 1. The molecule has 0 saturated carbocycles. The van der Waals surface area contributed by atoms with Gasteiger partial charge in [0.25, 0.3) is 5.91 Å². The van der Waals surface area contributed by atoms with Crippen molar-refractivity contribution in [2.45, 2.75) is 0 Å². The number of halogens is 1. The topological polar surface area (TPSA) is 80.9 Å². The molecular formula is C18H11ClN4O2. The van der Waals surface area contributed by atoms with Gasteiger partial charge < -0.3 is 9.73 Å². The number of aromatic nitrogens is 3. The maximum Gasteiger partial charge on any atom is 0.257 e. The number of carbonyl (C=O) groups excluding carboxylic acids is 1. The van der Waals surface area contributed by atoms with Crippen LogP contribution in [0.3, 0.4) is 0 Å². The van der Waals surface area contributed by atoms with Crippen LogP contribution < -0.4 is 5.32 Å². The molecule has 4 rings (SSSR count). The zero-order chi connectivity index (χ0) is 17.2. The molecule has 0 fully saturated rings. The minimum absolute atomic E-state index is 0.297. The van der Waals surface area contributed by atoms with E-state index in [0.29, 0.717) is 38.8 Å². The lowest BCUT2D eigenvalue weighted by Crippen LogP contribution is -2.12. The van der Waals surface area contributed by atoms with Crippen molar-refractivity contribution in [2.24, 2.45) is 0 Å². The summed E-state index contributed by atoms with van der Waals surface area (Å²) in [6.07, 6.45) is 6.36. The van der Waals surface area contributed by atoms with Gasteiger partial charge in [-0.2, -0.15) is 0 Å². The van der Waals surface area contributed by atoms with Crippen LogP contribution in [0.15, 0.2) is 65.6 Å². The van der Waals surface area contributed by atoms with Crippen LogP contribution in [0.1, 0.15) is 10.4 Å². The van der Waals surface area contributed by atoms with Crippen molar-refractivity contribution in [1.82, 2.24) is 15.0 Å². The third kappa shape index (κ3) is 3.07. The zero-order valence-electron chi connectivity index (χ0n) is 12.8. The molecule has 6 nitrogen and oxygen atoms in total. The molecule has 3 aromatic heterocycles. The number of benzene rings is 1. The average molecular weight is 351 g/mol. The fourth-order valence-corrected chi connectivity index (χ4v) is 2.51. The summed E-state index contributed by atoms with van der Waals surface area (Å²) in [4.78, 5) is 24.6. The maximum atomic E-state index is 12.3. The van der Waals surface area contributed by atoms with E-state index in [9.17, 15) is 4.79 Å². The van der Waals surface area contributed by atoms with Crippen LogP contribution in [0.2, 0.25) is 5.02 Å². The van der Waals surface area contributed by atoms with E-state index < -0.39 is 0 Å². The van der Waals surface area contributed by atoms with Crippen LogP contribution in [0.25, 0.3) is 22.6 Å². The number of nitrogens with zero attached hydrogens (tertiary/aromatic N) is 3. The second-order valence-electron chi connectivity index (χ2n) is 5.25. The van der Waals surface area contributed by atoms with Crippen LogP contribution in [0.5, 0.6) is 0 Å². The third-order valence-electron chi connectivity index (χ3n) is 3.58. The number of pyridine rings is 2. The Labute approximate surface area is 147 Å². The van der Waals surface area contributed by atoms with Crippen molar-refractivity contribution in [1.29, 1.82) is 0 Å². The quantitative estimate of drug-likeness (QED) is 0.599. The highest BCUT2D eigenvalue weighted by Gasteiger charge is 2.13. The molecule has 1 aromatic carbocycles. The number of fused-ring (bicyclic) bond motifs is 1. The normalized spacial score (nSPS) is 10.8. The Balaban J connectivity index is 1.67. The largest absolute Gasteiger partial charge is 0.436 e. The smallest absolute Gasteiger partial charge is 0.257 e. The van der Waals surface area contributed by atoms with E-state index in [4.69, 9.17) is 16.0 Å². The Morgan fingerprint density at radius 1 is 1.08 bits per heavy atom. The summed E-state index contributed by atoms with van der Waals surface area (Å²) >= 11 is 6.20. The van der Waals surface area contributed by atoms with E-state index in [1.54, 1.807) is 55.0 Å². The first kappa shape index (κ1) is 15.3. The van der Waals surface area contributed by atoms with Gasteiger partial charge in [-0.3, -0.25) is 14.8 Å². The summed E-state index contributed by atoms with van der Waals surface area (Å²) in [5.74, 6) is 0.130. The lowest BCUT2D eigenvalue weighted by Gasteiger charge is -2.08. The number of rotatable bonds is 3. The van der Waals surface area contributed by atoms with Gasteiger partial charge in [0, 0.05) is 30.2 Å². The van der Waals surface area contributed by atoms with E-state index >= 15 is 0 Å². The standard InChI is InChI=1S/C18H11ClN4O2/c19-13-4-3-11(18-23-15-10-21-7-5-16(15)25-18)8-14(13)22-17(24)12-2-1-6-20-9-12/h1-10H,(H,22,24). The first-order chi connectivity index (χ1) is 12.2. The molecule has 0 bridgehead atoms. The van der Waals surface area contributed by atoms with Gasteiger partial charge >= 0.3 is 0 Å². The van der Waals surface area contributed by atoms with Gasteiger partial charge in [0.1, 0.15) is 5.52 Å². The summed E-state index contributed by atoms with van der Waals surface area (Å²) in [6.45, 7) is 0. The average Bonchev–Trinajstić information content (AvgIpc) is 3.08. The molecule has 0 spiro atoms. The molecule has 0 unspecified atom stereocenters. The van der Waals surface area contributed by atoms with Crippen LogP contribution >= 0.6 is 11.6 Å². The van der Waals surface area contributed by atoms with E-state index in [1.807, 2.05) is 0 Å². The molecule has 1 N–H and O–H groups in total. The van der Waals surface area contributed by atoms with Gasteiger partial charge in [-0.25, -0.2) is 4.98 Å². The molecule has 4 aromatic rings. The number of anilines is 1. The highest BCUT2D eigenvalue weighted by Crippen LogP contribution is 2.30. The first-order valence-electron chi connectivity index (χ1n) is 7.42. The minimum atomic E-state index is -0.297. The van der Waals surface area contributed by atoms with Gasteiger partial charge in [-0.15, -0.1) is 0 Å². The highest BCUT2D eigenvalue weighted by molar-refractivity contribution is 6.34. The van der Waals surface area contributed by atoms with Crippen molar-refractivity contribution >= 4 is 34.3 Å². The molecule has 0 aliphatic heterocycles. The van der Waals surface area contributed by atoms with Gasteiger partial charge in [-0.05, 0) is 30.3 Å². The fraction of sp³-hybridized carbons (Fsp3) is 0. The predicted octanol–water partition coefficient (Wildman–Crippen LogP) is 4.19. The van der Waals surface area contributed by atoms with Crippen molar-refractivity contribution < 1.29 is 9.21 Å². The van der Waals surface area contributed by atoms with Crippen molar-refractivity contribution in [3.05, 3.63) is 71.8 Å². The summed E-state index contributed by atoms with van der Waals surface area (Å²) in [7, 11) is 0. The summed E-state index contributed by atoms with van der Waals surface area (Å²) in [5.41, 5.74) is 2.90. The lowest BCUT2D eigenvalue weighted by molar-refractivity contribution is 0.102. The third-order valence-corrected chi connectivity index (χ3v) is 3.90. The van der Waals surface area contributed by atoms with Crippen LogP contribution in [-0.4, -0.2) is 20.9 Å². The van der Waals surface area contributed by atoms with Gasteiger partial charge in [-0.1, -0.05) is 11.6 Å². The molecule has 3 heterocycles. The highest BCUT2D eigenvalue weighted by atomic mass is 35.5. The van der Waals surface area contributed by atoms with Gasteiger partial charge in [0.05, 0.1) is 22.5 Å². The SMILES string of the molecule is O=C(Nc1cc(-c2nc3cnccc3o2)ccc1Cl)c1cccnc1. The molecule has 0 aliphatic carbocycles. The monoisotopic (exact) mass is 350 g/mol. The second-order valence-corrected chi connectivity index (χ2v) is 5.66. The Bertz CT molecular complexity index is 1030. The van der Waals surface area contributed by atoms with E-state index in [0.717, 1.165) is 0 Å². The summed E-state index contributed by atoms with van der Waals surface area (Å²) < 4.78 is 5.72. The molecule has 7 heteroatoms. The maximum absolute atomic E-state index is 12.3. The Kier molecular flexibility index (Phi) is 3.87. The molecule has 0 radical (unpaired) electrons. The zero-order valence-corrected chi connectivity index (χ0v) is 13.6. The number of amides is 1. The molecule has 0 saturated heterocycles. The molecule has 0 aliphatic rings. The number of hydrogen-bond acceptors (Lipinski definition) is 5. The number of carbonyl (C=O) groups is 1. The Morgan fingerprint density at radius 2 is 1.96 bits per heavy atom. The Hall–Kier alpha value is -3.25. The molecule has 25 heavy (non-hydrogen) atoms. The van der Waals surface area contributed by atoms with Crippen molar-refractivity contribution in [3.8, 4) is 11.5 Å². The van der Waals surface area contributed by atoms with E-state index in [2.05, 4.69) is 20.3 Å². The Morgan fingerprint density at radius 3 is 2.76 bits per heavy atom. The van der Waals surface area contributed by atoms with Crippen LogP contribution in [0, 0.1) is 0 Å². The number of hydrogen-bond donors (Lipinski definition) is 1. The molecule has 1 amide bonds. The van der Waals surface area contributed by atoms with Gasteiger partial charge in [0.15, 0.2) is 5.58 Å². The lowest BCUT2D eigenvalue weighted by atomic mass is 10.2. The second kappa shape index (κ2) is 6.33. The van der Waals surface area contributed by atoms with E-state index in [-0.39, 0.29) is 5.91 Å². The van der Waals surface area contributed by atoms with Crippen LogP contribution in [0.4, 0.5) is 5.69 Å². The molecule has 122 valence electrons.